The van der Waals surface area contributed by atoms with E-state index < -0.39 is 53.4 Å². The van der Waals surface area contributed by atoms with Crippen molar-refractivity contribution >= 4 is 169 Å². The van der Waals surface area contributed by atoms with Crippen molar-refractivity contribution in [2.24, 2.45) is 20.5 Å². The first kappa shape index (κ1) is 72.3. The van der Waals surface area contributed by atoms with E-state index in [0.717, 1.165) is 59.0 Å². The Hall–Kier alpha value is -9.00. The van der Waals surface area contributed by atoms with E-state index in [1.54, 1.807) is 0 Å². The molecule has 5 heterocycles. The molecule has 0 saturated carbocycles. The molecule has 2 aliphatic heterocycles. The Labute approximate surface area is 573 Å². The zero-order valence-electron chi connectivity index (χ0n) is 54.2. The number of nitrogens with zero attached hydrogens (tertiary/aromatic N) is 13. The number of ketones is 2. The summed E-state index contributed by atoms with van der Waals surface area (Å²) in [5.41, 5.74) is 2.97. The number of carbonyl (C=O) groups excluding carboxylic acids is 4. The van der Waals surface area contributed by atoms with E-state index in [0.29, 0.717) is 134 Å². The lowest BCUT2D eigenvalue weighted by atomic mass is 10.1. The lowest BCUT2D eigenvalue weighted by Gasteiger charge is -2.27. The highest BCUT2D eigenvalue weighted by Crippen LogP contribution is 2.41. The number of aromatic nitrogens is 5. The number of Topliss-reactive ketones (excluding diaryl/α,β-unsaturated/α-hetero) is 2. The van der Waals surface area contributed by atoms with Gasteiger partial charge in [0.25, 0.3) is 32.1 Å². The van der Waals surface area contributed by atoms with Crippen LogP contribution >= 0.6 is 34.4 Å². The summed E-state index contributed by atoms with van der Waals surface area (Å²) in [6.07, 6.45) is 4.63. The first-order valence-electron chi connectivity index (χ1n) is 31.0. The number of rotatable bonds is 30. The molecule has 2 amide bonds. The minimum atomic E-state index is -4.59. The van der Waals surface area contributed by atoms with Crippen LogP contribution < -0.4 is 40.9 Å². The number of morpholine rings is 2. The molecule has 2 fully saturated rings. The van der Waals surface area contributed by atoms with Crippen LogP contribution in [-0.4, -0.2) is 159 Å². The van der Waals surface area contributed by atoms with Gasteiger partial charge in [-0.1, -0.05) is 59.9 Å². The zero-order valence-corrected chi connectivity index (χ0v) is 58.3. The summed E-state index contributed by atoms with van der Waals surface area (Å²) in [6, 6.07) is 21.3. The number of benzene rings is 4. The van der Waals surface area contributed by atoms with Crippen molar-refractivity contribution in [1.29, 1.82) is 0 Å². The van der Waals surface area contributed by atoms with Crippen LogP contribution in [0.3, 0.4) is 0 Å². The zero-order chi connectivity index (χ0) is 69.4. The van der Waals surface area contributed by atoms with Crippen LogP contribution in [0.1, 0.15) is 71.1 Å². The van der Waals surface area contributed by atoms with Gasteiger partial charge in [-0.3, -0.25) is 28.3 Å². The molecule has 2 aliphatic rings. The number of unbranched alkanes of at least 4 members (excludes halogenated alkanes) is 1. The normalized spacial score (nSPS) is 14.1. The first-order valence-corrected chi connectivity index (χ1v) is 36.5. The molecule has 0 spiro atoms. The summed E-state index contributed by atoms with van der Waals surface area (Å²) in [4.78, 5) is 86.6. The number of ether oxygens (including phenoxy) is 2. The highest BCUT2D eigenvalue weighted by molar-refractivity contribution is 7.99. The predicted molar refractivity (Wildman–Crippen MR) is 378 cm³/mol. The molecule has 512 valence electrons. The summed E-state index contributed by atoms with van der Waals surface area (Å²) >= 11 is 3.63. The maximum absolute atomic E-state index is 13.8. The summed E-state index contributed by atoms with van der Waals surface area (Å²) in [5, 5.41) is 31.5. The number of thioether (sulfide) groups is 1. The van der Waals surface area contributed by atoms with Crippen LogP contribution in [0.4, 0.5) is 79.3 Å². The number of amides is 2. The summed E-state index contributed by atoms with van der Waals surface area (Å²) in [5.74, 6) is -0.928. The number of hydrogen-bond donors (Lipinski definition) is 6. The largest absolute Gasteiger partial charge is 0.378 e. The first-order chi connectivity index (χ1) is 46.5. The molecular weight excluding hydrogens is 1350 g/mol. The van der Waals surface area contributed by atoms with Gasteiger partial charge in [0.05, 0.1) is 68.5 Å². The molecule has 2 saturated heterocycles. The lowest BCUT2D eigenvalue weighted by Crippen LogP contribution is -2.36. The van der Waals surface area contributed by atoms with Gasteiger partial charge in [-0.25, -0.2) is 0 Å². The van der Waals surface area contributed by atoms with Gasteiger partial charge in [-0.15, -0.1) is 20.5 Å². The van der Waals surface area contributed by atoms with Crippen molar-refractivity contribution in [1.82, 2.24) is 24.9 Å². The number of thiazole rings is 2. The van der Waals surface area contributed by atoms with Crippen LogP contribution in [0.15, 0.2) is 131 Å². The van der Waals surface area contributed by atoms with Crippen LogP contribution in [0.2, 0.25) is 0 Å². The van der Waals surface area contributed by atoms with Crippen LogP contribution in [0, 0.1) is 0 Å². The minimum absolute atomic E-state index is 0.0317. The van der Waals surface area contributed by atoms with Crippen molar-refractivity contribution in [2.75, 3.05) is 125 Å². The van der Waals surface area contributed by atoms with Gasteiger partial charge in [-0.2, -0.15) is 41.8 Å². The Morgan fingerprint density at radius 2 is 0.990 bits per heavy atom. The average molecular weight is 1420 g/mol. The highest BCUT2D eigenvalue weighted by Gasteiger charge is 2.27. The quantitative estimate of drug-likeness (QED) is 0.00463. The molecule has 97 heavy (non-hydrogen) atoms. The van der Waals surface area contributed by atoms with E-state index >= 15 is 0 Å². The van der Waals surface area contributed by atoms with E-state index in [2.05, 4.69) is 48.2 Å². The second-order valence-corrected chi connectivity index (χ2v) is 27.5. The van der Waals surface area contributed by atoms with Crippen LogP contribution in [-0.2, 0) is 48.9 Å². The average Bonchev–Trinajstić information content (AvgIpc) is 1.78. The van der Waals surface area contributed by atoms with Gasteiger partial charge in [0.15, 0.2) is 16.7 Å². The predicted octanol–water partition coefficient (Wildman–Crippen LogP) is 12.1. The molecular formula is C63H73N17O12S5. The molecule has 9 rings (SSSR count). The van der Waals surface area contributed by atoms with Crippen molar-refractivity contribution < 1.29 is 54.6 Å². The number of nitrogens with one attached hydrogen (secondary N) is 4. The second kappa shape index (κ2) is 33.3. The van der Waals surface area contributed by atoms with E-state index in [1.165, 1.54) is 74.2 Å². The van der Waals surface area contributed by atoms with Gasteiger partial charge >= 0.3 is 0 Å². The van der Waals surface area contributed by atoms with E-state index in [-0.39, 0.29) is 44.7 Å². The van der Waals surface area contributed by atoms with Gasteiger partial charge < -0.3 is 50.3 Å². The molecule has 0 aliphatic carbocycles. The molecule has 29 nitrogen and oxygen atoms in total. The molecule has 7 aromatic rings. The van der Waals surface area contributed by atoms with Gasteiger partial charge in [0, 0.05) is 80.9 Å². The fourth-order valence-electron chi connectivity index (χ4n) is 9.95. The topological polar surface area (TPSA) is 370 Å². The number of hydrogen-bond acceptors (Lipinski definition) is 28. The van der Waals surface area contributed by atoms with Crippen molar-refractivity contribution in [2.45, 2.75) is 76.3 Å². The Bertz CT molecular complexity index is 4120. The van der Waals surface area contributed by atoms with Gasteiger partial charge in [-0.05, 0) is 133 Å². The SMILES string of the molecule is CCCCSc1nc(Nc2cc(N(CC)CC)ccc2N=Nc2nc(N3CCOCC3)c(/C=C(/C(C)=O)C(=O)Nc3cccc(S(=O)(=O)O)c3)s2)nc(Nc2cc(N(CC)CC)ccc2N=Nc2nc(N3CCOCC3)c(/C=C(\C(C)=O)C(=O)Nc3cccc(S(=O)(=O)O)c3)s2)n1. The standard InChI is InChI=1S/C63H73N17O12S5/c1-8-13-32-93-61-71-59(66-51-35-43(77(9-2)10-3)20-22-49(51)73-75-62-68-55(79-24-28-91-29-25-79)53(94-62)37-47(39(6)81)57(83)64-41-16-14-18-45(33-41)96(85,86)87)70-60(72-61)67-52-36-44(78(11-4)12-5)21-23-50(52)74-76-63-69-56(80-26-30-92-31-27-80)54(95-63)38-48(40(7)82)58(84)65-42-17-15-19-46(34-42)97(88,89)90/h14-23,33-38H,8-13,24-32H2,1-7H3,(H,64,83)(H,65,84)(H,85,86,87)(H,88,89,90)(H2,66,67,70,71,72)/b47-37-,48-38+,75-73?,76-74?. The summed E-state index contributed by atoms with van der Waals surface area (Å²) < 4.78 is 78.1. The smallest absolute Gasteiger partial charge is 0.294 e. The lowest BCUT2D eigenvalue weighted by molar-refractivity contribution is -0.120. The Morgan fingerprint density at radius 1 is 0.577 bits per heavy atom. The Morgan fingerprint density at radius 3 is 1.36 bits per heavy atom. The monoisotopic (exact) mass is 1420 g/mol. The third-order valence-electron chi connectivity index (χ3n) is 15.0. The van der Waals surface area contributed by atoms with Crippen molar-refractivity contribution in [3.8, 4) is 0 Å². The Balaban J connectivity index is 1.07. The molecule has 6 N–H and O–H groups in total. The van der Waals surface area contributed by atoms with E-state index in [9.17, 15) is 45.1 Å². The summed E-state index contributed by atoms with van der Waals surface area (Å²) in [7, 11) is -9.18. The number of anilines is 10. The molecule has 0 unspecified atom stereocenters. The van der Waals surface area contributed by atoms with Crippen LogP contribution in [0.25, 0.3) is 12.2 Å². The fourth-order valence-corrected chi connectivity index (χ4v) is 13.6. The third kappa shape index (κ3) is 19.4. The van der Waals surface area contributed by atoms with E-state index in [1.807, 2.05) is 73.9 Å². The highest BCUT2D eigenvalue weighted by atomic mass is 32.2. The molecule has 0 atom stereocenters. The van der Waals surface area contributed by atoms with Crippen LogP contribution in [0.5, 0.6) is 0 Å². The minimum Gasteiger partial charge on any atom is -0.378 e. The molecule has 4 aromatic carbocycles. The Kier molecular flexibility index (Phi) is 24.8. The second-order valence-electron chi connectivity index (χ2n) is 21.6. The maximum atomic E-state index is 13.8. The van der Waals surface area contributed by atoms with Gasteiger partial charge in [0.2, 0.25) is 22.2 Å². The maximum Gasteiger partial charge on any atom is 0.294 e. The third-order valence-corrected chi connectivity index (χ3v) is 19.4. The molecule has 34 heteroatoms. The van der Waals surface area contributed by atoms with Crippen molar-refractivity contribution in [3.05, 3.63) is 106 Å². The number of carbonyl (C=O) groups is 4. The molecule has 3 aromatic heterocycles. The molecule has 0 bridgehead atoms. The number of azo groups is 2. The molecule has 0 radical (unpaired) electrons. The van der Waals surface area contributed by atoms with Gasteiger partial charge in [0.1, 0.15) is 23.0 Å². The fraction of sp³-hybridized carbons (Fsp3) is 0.349. The summed E-state index contributed by atoms with van der Waals surface area (Å²) in [6.45, 7) is 18.9. The van der Waals surface area contributed by atoms with E-state index in [4.69, 9.17) is 44.6 Å². The van der Waals surface area contributed by atoms with Crippen molar-refractivity contribution in [3.63, 3.8) is 0 Å².